The summed E-state index contributed by atoms with van der Waals surface area (Å²) in [4.78, 5) is 2.40. The highest BCUT2D eigenvalue weighted by atomic mass is 16.7. The van der Waals surface area contributed by atoms with Gasteiger partial charge in [0.25, 0.3) is 5.88 Å². The summed E-state index contributed by atoms with van der Waals surface area (Å²) in [6, 6.07) is 10.6. The molecule has 1 aromatic carbocycles. The number of ether oxygens (including phenoxy) is 5. The molecule has 8 heteroatoms. The van der Waals surface area contributed by atoms with E-state index in [2.05, 4.69) is 11.0 Å². The Labute approximate surface area is 193 Å². The average molecular weight is 454 g/mol. The Morgan fingerprint density at radius 3 is 2.33 bits per heavy atom. The topological polar surface area (TPSA) is 66.7 Å². The highest BCUT2D eigenvalue weighted by molar-refractivity contribution is 5.84. The Morgan fingerprint density at radius 2 is 1.73 bits per heavy atom. The van der Waals surface area contributed by atoms with Crippen molar-refractivity contribution in [1.29, 1.82) is 0 Å². The van der Waals surface area contributed by atoms with Crippen LogP contribution in [0.2, 0.25) is 0 Å². The fraction of sp³-hybridized carbons (Fsp3) is 0.480. The van der Waals surface area contributed by atoms with Crippen molar-refractivity contribution in [3.63, 3.8) is 0 Å². The summed E-state index contributed by atoms with van der Waals surface area (Å²) in [7, 11) is 5.02. The number of aromatic nitrogens is 2. The first-order valence-electron chi connectivity index (χ1n) is 11.4. The molecule has 1 saturated heterocycles. The third-order valence-corrected chi connectivity index (χ3v) is 6.27. The van der Waals surface area contributed by atoms with E-state index in [1.165, 1.54) is 0 Å². The number of benzene rings is 1. The predicted octanol–water partition coefficient (Wildman–Crippen LogP) is 4.07. The molecule has 1 saturated carbocycles. The van der Waals surface area contributed by atoms with E-state index in [-0.39, 0.29) is 6.29 Å². The molecule has 0 N–H and O–H groups in total. The normalized spacial score (nSPS) is 16.4. The summed E-state index contributed by atoms with van der Waals surface area (Å²) in [5.41, 5.74) is 4.79. The van der Waals surface area contributed by atoms with Gasteiger partial charge in [-0.25, -0.2) is 4.52 Å². The van der Waals surface area contributed by atoms with E-state index in [1.54, 1.807) is 21.3 Å². The number of hydrogen-bond donors (Lipinski definition) is 0. The van der Waals surface area contributed by atoms with Crippen LogP contribution in [0.25, 0.3) is 16.8 Å². The second-order valence-electron chi connectivity index (χ2n) is 8.49. The molecule has 2 fully saturated rings. The van der Waals surface area contributed by atoms with Crippen molar-refractivity contribution in [2.75, 3.05) is 46.0 Å². The van der Waals surface area contributed by atoms with Crippen LogP contribution < -0.4 is 19.1 Å². The average Bonchev–Trinajstić information content (AvgIpc) is 3.40. The third-order valence-electron chi connectivity index (χ3n) is 6.27. The standard InChI is InChI=1S/C25H31N3O5/c1-16-14-20(29-2)23(21(15-16)30-3)18-6-5-7-19-24(25(31-4)26-28(18)19)27(17-8-9-17)11-10-22-32-12-13-33-22/h5-7,14-15,17,22H,8-13H2,1-4H3. The van der Waals surface area contributed by atoms with E-state index in [0.29, 0.717) is 25.1 Å². The molecular weight excluding hydrogens is 422 g/mol. The van der Waals surface area contributed by atoms with Crippen LogP contribution in [0.5, 0.6) is 17.4 Å². The van der Waals surface area contributed by atoms with Crippen molar-refractivity contribution >= 4 is 11.2 Å². The molecule has 0 amide bonds. The molecule has 0 spiro atoms. The summed E-state index contributed by atoms with van der Waals surface area (Å²) < 4.78 is 30.5. The van der Waals surface area contributed by atoms with Crippen LogP contribution in [0.3, 0.4) is 0 Å². The maximum Gasteiger partial charge on any atom is 0.257 e. The minimum Gasteiger partial charge on any atom is -0.496 e. The zero-order valence-electron chi connectivity index (χ0n) is 19.7. The largest absolute Gasteiger partial charge is 0.496 e. The minimum atomic E-state index is -0.143. The Kier molecular flexibility index (Phi) is 6.03. The lowest BCUT2D eigenvalue weighted by atomic mass is 10.1. The van der Waals surface area contributed by atoms with Gasteiger partial charge in [-0.15, -0.1) is 5.10 Å². The maximum atomic E-state index is 5.79. The van der Waals surface area contributed by atoms with Crippen LogP contribution in [-0.2, 0) is 9.47 Å². The van der Waals surface area contributed by atoms with Gasteiger partial charge in [-0.05, 0) is 49.6 Å². The molecule has 33 heavy (non-hydrogen) atoms. The van der Waals surface area contributed by atoms with Crippen molar-refractivity contribution in [3.05, 3.63) is 35.9 Å². The van der Waals surface area contributed by atoms with E-state index in [0.717, 1.165) is 65.3 Å². The van der Waals surface area contributed by atoms with Crippen molar-refractivity contribution < 1.29 is 23.7 Å². The van der Waals surface area contributed by atoms with E-state index in [4.69, 9.17) is 28.8 Å². The number of hydrogen-bond acceptors (Lipinski definition) is 7. The lowest BCUT2D eigenvalue weighted by Gasteiger charge is -2.25. The number of methoxy groups -OCH3 is 3. The van der Waals surface area contributed by atoms with Crippen molar-refractivity contribution in [2.24, 2.45) is 0 Å². The van der Waals surface area contributed by atoms with Gasteiger partial charge in [0.15, 0.2) is 6.29 Å². The fourth-order valence-electron chi connectivity index (χ4n) is 4.61. The Bertz CT molecular complexity index is 1110. The summed E-state index contributed by atoms with van der Waals surface area (Å²) >= 11 is 0. The van der Waals surface area contributed by atoms with Gasteiger partial charge in [0.2, 0.25) is 0 Å². The van der Waals surface area contributed by atoms with Gasteiger partial charge in [-0.1, -0.05) is 6.07 Å². The number of aryl methyl sites for hydroxylation is 1. The number of pyridine rings is 1. The van der Waals surface area contributed by atoms with Crippen LogP contribution in [0.15, 0.2) is 30.3 Å². The zero-order chi connectivity index (χ0) is 22.9. The van der Waals surface area contributed by atoms with Crippen molar-refractivity contribution in [2.45, 2.75) is 38.5 Å². The molecule has 3 heterocycles. The number of fused-ring (bicyclic) bond motifs is 1. The molecule has 3 aromatic rings. The van der Waals surface area contributed by atoms with Gasteiger partial charge in [0, 0.05) is 19.0 Å². The predicted molar refractivity (Wildman–Crippen MR) is 126 cm³/mol. The molecule has 0 bridgehead atoms. The number of rotatable bonds is 9. The lowest BCUT2D eigenvalue weighted by Crippen LogP contribution is -2.30. The molecule has 2 aromatic heterocycles. The van der Waals surface area contributed by atoms with Crippen LogP contribution in [-0.4, -0.2) is 63.0 Å². The first-order valence-corrected chi connectivity index (χ1v) is 11.4. The van der Waals surface area contributed by atoms with Gasteiger partial charge in [0.05, 0.1) is 51.3 Å². The Morgan fingerprint density at radius 1 is 1.03 bits per heavy atom. The first-order chi connectivity index (χ1) is 16.1. The molecule has 176 valence electrons. The van der Waals surface area contributed by atoms with Crippen molar-refractivity contribution in [3.8, 4) is 28.6 Å². The second-order valence-corrected chi connectivity index (χ2v) is 8.49. The third kappa shape index (κ3) is 4.09. The van der Waals surface area contributed by atoms with E-state index >= 15 is 0 Å². The quantitative estimate of drug-likeness (QED) is 0.484. The van der Waals surface area contributed by atoms with Gasteiger partial charge in [-0.2, -0.15) is 0 Å². The van der Waals surface area contributed by atoms with Gasteiger partial charge < -0.3 is 28.6 Å². The molecule has 5 rings (SSSR count). The van der Waals surface area contributed by atoms with E-state index < -0.39 is 0 Å². The number of nitrogens with zero attached hydrogens (tertiary/aromatic N) is 3. The van der Waals surface area contributed by atoms with Crippen molar-refractivity contribution in [1.82, 2.24) is 9.61 Å². The van der Waals surface area contributed by atoms with Gasteiger partial charge in [0.1, 0.15) is 17.2 Å². The summed E-state index contributed by atoms with van der Waals surface area (Å²) in [6.45, 7) is 4.17. The second kappa shape index (κ2) is 9.11. The molecule has 1 aliphatic carbocycles. The molecule has 0 unspecified atom stereocenters. The van der Waals surface area contributed by atoms with Crippen LogP contribution >= 0.6 is 0 Å². The molecule has 1 aliphatic heterocycles. The summed E-state index contributed by atoms with van der Waals surface area (Å²) in [6.07, 6.45) is 2.98. The molecule has 0 radical (unpaired) electrons. The monoisotopic (exact) mass is 453 g/mol. The van der Waals surface area contributed by atoms with Gasteiger partial charge in [-0.3, -0.25) is 0 Å². The summed E-state index contributed by atoms with van der Waals surface area (Å²) in [5, 5.41) is 4.87. The van der Waals surface area contributed by atoms with E-state index in [1.807, 2.05) is 35.7 Å². The van der Waals surface area contributed by atoms with Crippen LogP contribution in [0.1, 0.15) is 24.8 Å². The number of anilines is 1. The van der Waals surface area contributed by atoms with Crippen LogP contribution in [0, 0.1) is 6.92 Å². The van der Waals surface area contributed by atoms with E-state index in [9.17, 15) is 0 Å². The Balaban J connectivity index is 1.62. The minimum absolute atomic E-state index is 0.143. The highest BCUT2D eigenvalue weighted by Gasteiger charge is 2.35. The molecular formula is C25H31N3O5. The molecule has 8 nitrogen and oxygen atoms in total. The van der Waals surface area contributed by atoms with Gasteiger partial charge >= 0.3 is 0 Å². The van der Waals surface area contributed by atoms with Crippen LogP contribution in [0.4, 0.5) is 5.69 Å². The SMILES string of the molecule is COc1cc(C)cc(OC)c1-c1cccc2c(N(CCC3OCCO3)C3CC3)c(OC)nn12. The lowest BCUT2D eigenvalue weighted by molar-refractivity contribution is -0.0449. The maximum absolute atomic E-state index is 5.79. The molecule has 2 aliphatic rings. The zero-order valence-corrected chi connectivity index (χ0v) is 19.7. The Hall–Kier alpha value is -2.97. The first kappa shape index (κ1) is 21.9. The molecule has 0 atom stereocenters. The highest BCUT2D eigenvalue weighted by Crippen LogP contribution is 2.44. The summed E-state index contributed by atoms with van der Waals surface area (Å²) in [5.74, 6) is 2.09. The fourth-order valence-corrected chi connectivity index (χ4v) is 4.61. The smallest absolute Gasteiger partial charge is 0.257 e.